The third-order valence-corrected chi connectivity index (χ3v) is 9.81. The van der Waals surface area contributed by atoms with Crippen LogP contribution < -0.4 is 0 Å². The van der Waals surface area contributed by atoms with Gasteiger partial charge in [0, 0.05) is 20.0 Å². The highest BCUT2D eigenvalue weighted by atomic mass is 31.2. The van der Waals surface area contributed by atoms with Crippen molar-refractivity contribution in [2.45, 2.75) is 200 Å². The number of esters is 2. The van der Waals surface area contributed by atoms with Crippen LogP contribution in [0.4, 0.5) is 0 Å². The SMILES string of the molecule is CCCCCCCC/C=C\CCCCCCCC(=O)OCC(COP(=O)(O)OCCOC)OC(=O)CCCCCCCCCCCCCCC. The lowest BCUT2D eigenvalue weighted by atomic mass is 10.0. The van der Waals surface area contributed by atoms with E-state index in [1.165, 1.54) is 116 Å². The quantitative estimate of drug-likeness (QED) is 0.0285. The van der Waals surface area contributed by atoms with Crippen molar-refractivity contribution in [2.24, 2.45) is 0 Å². The second kappa shape index (κ2) is 37.5. The molecule has 296 valence electrons. The van der Waals surface area contributed by atoms with E-state index in [1.807, 2.05) is 0 Å². The Balaban J connectivity index is 4.24. The van der Waals surface area contributed by atoms with Gasteiger partial charge in [-0.3, -0.25) is 18.6 Å². The molecule has 0 saturated carbocycles. The number of carbonyl (C=O) groups excluding carboxylic acids is 2. The molecule has 50 heavy (non-hydrogen) atoms. The minimum absolute atomic E-state index is 0.124. The summed E-state index contributed by atoms with van der Waals surface area (Å²) in [7, 11) is -2.93. The highest BCUT2D eigenvalue weighted by molar-refractivity contribution is 7.47. The summed E-state index contributed by atoms with van der Waals surface area (Å²) in [5, 5.41) is 0. The van der Waals surface area contributed by atoms with E-state index < -0.39 is 26.5 Å². The zero-order valence-electron chi connectivity index (χ0n) is 32.5. The van der Waals surface area contributed by atoms with Crippen molar-refractivity contribution in [3.05, 3.63) is 12.2 Å². The van der Waals surface area contributed by atoms with Gasteiger partial charge in [0.25, 0.3) is 0 Å². The van der Waals surface area contributed by atoms with E-state index >= 15 is 0 Å². The molecular formula is C40H77O9P. The molecule has 0 aliphatic rings. The van der Waals surface area contributed by atoms with Gasteiger partial charge in [-0.1, -0.05) is 154 Å². The number of rotatable bonds is 39. The van der Waals surface area contributed by atoms with Gasteiger partial charge in [0.15, 0.2) is 6.10 Å². The van der Waals surface area contributed by atoms with Crippen LogP contribution in [0.1, 0.15) is 194 Å². The van der Waals surface area contributed by atoms with E-state index in [9.17, 15) is 19.0 Å². The first-order chi connectivity index (χ1) is 24.3. The summed E-state index contributed by atoms with van der Waals surface area (Å²) in [5.74, 6) is -0.827. The van der Waals surface area contributed by atoms with Crippen molar-refractivity contribution in [3.63, 3.8) is 0 Å². The molecule has 0 heterocycles. The first kappa shape index (κ1) is 48.8. The summed E-state index contributed by atoms with van der Waals surface area (Å²) in [6, 6.07) is 0. The predicted octanol–water partition coefficient (Wildman–Crippen LogP) is 11.7. The van der Waals surface area contributed by atoms with Gasteiger partial charge in [-0.05, 0) is 38.5 Å². The number of unbranched alkanes of at least 4 members (excludes halogenated alkanes) is 23. The van der Waals surface area contributed by atoms with Crippen molar-refractivity contribution in [1.82, 2.24) is 0 Å². The van der Waals surface area contributed by atoms with Crippen LogP contribution in [-0.2, 0) is 37.4 Å². The number of hydrogen-bond donors (Lipinski definition) is 1. The fourth-order valence-corrected chi connectivity index (χ4v) is 6.43. The van der Waals surface area contributed by atoms with Gasteiger partial charge in [0.2, 0.25) is 0 Å². The number of phosphoric ester groups is 1. The molecule has 2 atom stereocenters. The van der Waals surface area contributed by atoms with Gasteiger partial charge < -0.3 is 19.1 Å². The maximum absolute atomic E-state index is 12.6. The van der Waals surface area contributed by atoms with Gasteiger partial charge in [-0.25, -0.2) is 4.57 Å². The predicted molar refractivity (Wildman–Crippen MR) is 204 cm³/mol. The largest absolute Gasteiger partial charge is 0.472 e. The monoisotopic (exact) mass is 733 g/mol. The molecule has 0 aromatic rings. The van der Waals surface area contributed by atoms with E-state index in [0.29, 0.717) is 6.42 Å². The van der Waals surface area contributed by atoms with E-state index in [1.54, 1.807) is 0 Å². The Hall–Kier alpha value is -1.25. The Morgan fingerprint density at radius 2 is 0.980 bits per heavy atom. The molecule has 9 nitrogen and oxygen atoms in total. The number of hydrogen-bond acceptors (Lipinski definition) is 8. The minimum atomic E-state index is -4.38. The average molecular weight is 733 g/mol. The van der Waals surface area contributed by atoms with Crippen LogP contribution in [0.25, 0.3) is 0 Å². The Morgan fingerprint density at radius 3 is 1.44 bits per heavy atom. The molecular weight excluding hydrogens is 655 g/mol. The lowest BCUT2D eigenvalue weighted by molar-refractivity contribution is -0.161. The standard InChI is InChI=1S/C40H77O9P/c1-4-6-8-10-12-14-16-18-19-21-22-24-26-28-30-32-39(41)46-36-38(37-48-50(43,44)47-35-34-45-3)49-40(42)33-31-29-27-25-23-20-17-15-13-11-9-7-5-2/h18-19,38H,4-17,20-37H2,1-3H3,(H,43,44)/b19-18-. The van der Waals surface area contributed by atoms with Crippen molar-refractivity contribution < 1.29 is 42.3 Å². The Labute approximate surface area is 307 Å². The van der Waals surface area contributed by atoms with E-state index in [0.717, 1.165) is 51.4 Å². The topological polar surface area (TPSA) is 118 Å². The highest BCUT2D eigenvalue weighted by Gasteiger charge is 2.26. The van der Waals surface area contributed by atoms with Crippen LogP contribution in [0, 0.1) is 0 Å². The van der Waals surface area contributed by atoms with Crippen LogP contribution in [0.15, 0.2) is 12.2 Å². The lowest BCUT2D eigenvalue weighted by Crippen LogP contribution is -2.29. The van der Waals surface area contributed by atoms with Crippen LogP contribution in [-0.4, -0.2) is 56.5 Å². The summed E-state index contributed by atoms with van der Waals surface area (Å²) in [5.41, 5.74) is 0. The second-order valence-corrected chi connectivity index (χ2v) is 15.2. The summed E-state index contributed by atoms with van der Waals surface area (Å²) < 4.78 is 37.8. The van der Waals surface area contributed by atoms with Gasteiger partial charge in [0.1, 0.15) is 6.61 Å². The Morgan fingerprint density at radius 1 is 0.560 bits per heavy atom. The maximum Gasteiger partial charge on any atom is 0.472 e. The average Bonchev–Trinajstić information content (AvgIpc) is 3.09. The molecule has 0 rings (SSSR count). The lowest BCUT2D eigenvalue weighted by Gasteiger charge is -2.20. The third-order valence-electron chi connectivity index (χ3n) is 8.82. The van der Waals surface area contributed by atoms with Gasteiger partial charge in [-0.15, -0.1) is 0 Å². The molecule has 0 amide bonds. The molecule has 0 aromatic carbocycles. The normalized spacial score (nSPS) is 13.4. The molecule has 0 spiro atoms. The second-order valence-electron chi connectivity index (χ2n) is 13.7. The smallest absolute Gasteiger partial charge is 0.462 e. The minimum Gasteiger partial charge on any atom is -0.462 e. The van der Waals surface area contributed by atoms with Crippen LogP contribution in [0.3, 0.4) is 0 Å². The maximum atomic E-state index is 12.6. The summed E-state index contributed by atoms with van der Waals surface area (Å²) in [6.07, 6.45) is 35.2. The van der Waals surface area contributed by atoms with Gasteiger partial charge >= 0.3 is 19.8 Å². The molecule has 10 heteroatoms. The fourth-order valence-electron chi connectivity index (χ4n) is 5.70. The molecule has 0 aliphatic carbocycles. The zero-order chi connectivity index (χ0) is 36.8. The van der Waals surface area contributed by atoms with Crippen LogP contribution >= 0.6 is 7.82 Å². The highest BCUT2D eigenvalue weighted by Crippen LogP contribution is 2.43. The number of allylic oxidation sites excluding steroid dienone is 2. The summed E-state index contributed by atoms with van der Waals surface area (Å²) >= 11 is 0. The molecule has 2 unspecified atom stereocenters. The number of ether oxygens (including phenoxy) is 3. The first-order valence-electron chi connectivity index (χ1n) is 20.5. The van der Waals surface area contributed by atoms with Crippen LogP contribution in [0.5, 0.6) is 0 Å². The van der Waals surface area contributed by atoms with Crippen molar-refractivity contribution in [1.29, 1.82) is 0 Å². The molecule has 0 radical (unpaired) electrons. The molecule has 0 saturated heterocycles. The van der Waals surface area contributed by atoms with E-state index in [-0.39, 0.29) is 38.6 Å². The van der Waals surface area contributed by atoms with Crippen molar-refractivity contribution in [3.8, 4) is 0 Å². The van der Waals surface area contributed by atoms with Crippen LogP contribution in [0.2, 0.25) is 0 Å². The van der Waals surface area contributed by atoms with E-state index in [4.69, 9.17) is 23.3 Å². The van der Waals surface area contributed by atoms with Gasteiger partial charge in [-0.2, -0.15) is 0 Å². The van der Waals surface area contributed by atoms with Crippen molar-refractivity contribution in [2.75, 3.05) is 33.5 Å². The van der Waals surface area contributed by atoms with E-state index in [2.05, 4.69) is 26.0 Å². The van der Waals surface area contributed by atoms with Gasteiger partial charge in [0.05, 0.1) is 19.8 Å². The third kappa shape index (κ3) is 36.5. The zero-order valence-corrected chi connectivity index (χ0v) is 33.4. The summed E-state index contributed by atoms with van der Waals surface area (Å²) in [4.78, 5) is 34.9. The fraction of sp³-hybridized carbons (Fsp3) is 0.900. The molecule has 1 N–H and O–H groups in total. The molecule has 0 fully saturated rings. The number of carbonyl (C=O) groups is 2. The van der Waals surface area contributed by atoms with Crippen molar-refractivity contribution >= 4 is 19.8 Å². The number of methoxy groups -OCH3 is 1. The number of phosphoric acid groups is 1. The Bertz CT molecular complexity index is 836. The molecule has 0 aromatic heterocycles. The summed E-state index contributed by atoms with van der Waals surface area (Å²) in [6.45, 7) is 3.82. The Kier molecular flexibility index (Phi) is 36.6. The first-order valence-corrected chi connectivity index (χ1v) is 21.9. The molecule has 0 aliphatic heterocycles. The molecule has 0 bridgehead atoms.